The summed E-state index contributed by atoms with van der Waals surface area (Å²) in [5.74, 6) is -0.935. The molecule has 5 nitrogen and oxygen atoms in total. The number of nitrogens with zero attached hydrogens (tertiary/aromatic N) is 1. The number of hydrogen-bond donors (Lipinski definition) is 0. The second-order valence-electron chi connectivity index (χ2n) is 3.11. The fraction of sp³-hybridized carbons (Fsp3) is 0.857. The van der Waals surface area contributed by atoms with Gasteiger partial charge in [0.15, 0.2) is 9.84 Å². The first-order valence-corrected chi connectivity index (χ1v) is 6.16. The highest BCUT2D eigenvalue weighted by Gasteiger charge is 2.21. The third-order valence-corrected chi connectivity index (χ3v) is 2.44. The van der Waals surface area contributed by atoms with Crippen LogP contribution in [0.15, 0.2) is 0 Å². The molecule has 1 rings (SSSR count). The Kier molecular flexibility index (Phi) is 3.27. The van der Waals surface area contributed by atoms with E-state index in [0.717, 1.165) is 24.2 Å². The molecule has 0 spiro atoms. The Bertz CT molecular complexity index is 279. The second kappa shape index (κ2) is 4.06. The smallest absolute Gasteiger partial charge is 0.261 e. The standard InChI is InChI=1S/C7H13NO4S/c1-13(10,11)6-7(9)8-4-2-3-5-12-8/h2-6H2,1H3. The van der Waals surface area contributed by atoms with E-state index in [4.69, 9.17) is 4.84 Å². The molecule has 0 radical (unpaired) electrons. The van der Waals surface area contributed by atoms with E-state index in [0.29, 0.717) is 13.2 Å². The summed E-state index contributed by atoms with van der Waals surface area (Å²) in [4.78, 5) is 16.2. The topological polar surface area (TPSA) is 63.7 Å². The van der Waals surface area contributed by atoms with Crippen LogP contribution in [0.25, 0.3) is 0 Å². The van der Waals surface area contributed by atoms with E-state index in [-0.39, 0.29) is 0 Å². The molecule has 1 aliphatic heterocycles. The predicted octanol–water partition coefficient (Wildman–Crippen LogP) is -0.415. The second-order valence-corrected chi connectivity index (χ2v) is 5.25. The quantitative estimate of drug-likeness (QED) is 0.617. The molecule has 0 bridgehead atoms. The van der Waals surface area contributed by atoms with E-state index in [2.05, 4.69) is 0 Å². The van der Waals surface area contributed by atoms with Crippen LogP contribution in [0.1, 0.15) is 12.8 Å². The first-order valence-electron chi connectivity index (χ1n) is 4.10. The van der Waals surface area contributed by atoms with E-state index >= 15 is 0 Å². The molecular formula is C7H13NO4S. The highest BCUT2D eigenvalue weighted by Crippen LogP contribution is 2.06. The lowest BCUT2D eigenvalue weighted by molar-refractivity contribution is -0.194. The molecule has 0 N–H and O–H groups in total. The summed E-state index contributed by atoms with van der Waals surface area (Å²) in [5.41, 5.74) is 0. The highest BCUT2D eigenvalue weighted by molar-refractivity contribution is 7.91. The third kappa shape index (κ3) is 3.73. The van der Waals surface area contributed by atoms with Crippen molar-refractivity contribution in [3.8, 4) is 0 Å². The Labute approximate surface area is 77.5 Å². The third-order valence-electron chi connectivity index (χ3n) is 1.67. The zero-order valence-electron chi connectivity index (χ0n) is 7.52. The van der Waals surface area contributed by atoms with Crippen molar-refractivity contribution in [1.82, 2.24) is 5.06 Å². The molecule has 6 heteroatoms. The molecule has 1 fully saturated rings. The van der Waals surface area contributed by atoms with Crippen LogP contribution >= 0.6 is 0 Å². The molecule has 1 saturated heterocycles. The van der Waals surface area contributed by atoms with E-state index < -0.39 is 21.5 Å². The monoisotopic (exact) mass is 207 g/mol. The zero-order chi connectivity index (χ0) is 9.90. The molecule has 1 aliphatic rings. The summed E-state index contributed by atoms with van der Waals surface area (Å²) in [6.07, 6.45) is 2.83. The van der Waals surface area contributed by atoms with Crippen LogP contribution in [-0.4, -0.2) is 44.5 Å². The van der Waals surface area contributed by atoms with E-state index in [9.17, 15) is 13.2 Å². The molecule has 0 saturated carbocycles. The molecule has 0 aromatic carbocycles. The van der Waals surface area contributed by atoms with Gasteiger partial charge in [-0.1, -0.05) is 0 Å². The SMILES string of the molecule is CS(=O)(=O)CC(=O)N1CCCCO1. The summed E-state index contributed by atoms with van der Waals surface area (Å²) in [5, 5.41) is 1.14. The lowest BCUT2D eigenvalue weighted by Gasteiger charge is -2.25. The zero-order valence-corrected chi connectivity index (χ0v) is 8.34. The number of hydrogen-bond acceptors (Lipinski definition) is 4. The van der Waals surface area contributed by atoms with Gasteiger partial charge in [-0.3, -0.25) is 9.63 Å². The summed E-state index contributed by atoms with van der Waals surface area (Å²) >= 11 is 0. The number of rotatable bonds is 2. The largest absolute Gasteiger partial charge is 0.271 e. The molecule has 1 heterocycles. The van der Waals surface area contributed by atoms with Gasteiger partial charge < -0.3 is 0 Å². The van der Waals surface area contributed by atoms with Gasteiger partial charge in [-0.05, 0) is 12.8 Å². The minimum atomic E-state index is -3.24. The van der Waals surface area contributed by atoms with Gasteiger partial charge >= 0.3 is 0 Å². The first-order chi connectivity index (χ1) is 5.99. The number of sulfone groups is 1. The van der Waals surface area contributed by atoms with Gasteiger partial charge in [0.2, 0.25) is 0 Å². The van der Waals surface area contributed by atoms with Gasteiger partial charge in [-0.15, -0.1) is 0 Å². The Hall–Kier alpha value is -0.620. The van der Waals surface area contributed by atoms with Crippen LogP contribution in [0.2, 0.25) is 0 Å². The molecule has 76 valence electrons. The van der Waals surface area contributed by atoms with E-state index in [1.54, 1.807) is 0 Å². The van der Waals surface area contributed by atoms with Crippen LogP contribution in [0.3, 0.4) is 0 Å². The van der Waals surface area contributed by atoms with E-state index in [1.807, 2.05) is 0 Å². The molecule has 0 aromatic rings. The van der Waals surface area contributed by atoms with Crippen LogP contribution in [0, 0.1) is 0 Å². The number of amides is 1. The number of carbonyl (C=O) groups is 1. The fourth-order valence-corrected chi connectivity index (χ4v) is 1.68. The minimum absolute atomic E-state index is 0.465. The molecule has 1 amide bonds. The highest BCUT2D eigenvalue weighted by atomic mass is 32.2. The van der Waals surface area contributed by atoms with Crippen molar-refractivity contribution in [2.75, 3.05) is 25.2 Å². The van der Waals surface area contributed by atoms with Gasteiger partial charge in [-0.25, -0.2) is 13.5 Å². The first kappa shape index (κ1) is 10.5. The minimum Gasteiger partial charge on any atom is -0.271 e. The normalized spacial score (nSPS) is 18.7. The summed E-state index contributed by atoms with van der Waals surface area (Å²) < 4.78 is 21.6. The average molecular weight is 207 g/mol. The molecule has 0 aliphatic carbocycles. The maximum atomic E-state index is 11.2. The van der Waals surface area contributed by atoms with Crippen molar-refractivity contribution in [3.05, 3.63) is 0 Å². The van der Waals surface area contributed by atoms with Gasteiger partial charge in [0, 0.05) is 12.8 Å². The summed E-state index contributed by atoms with van der Waals surface area (Å²) in [6, 6.07) is 0. The Morgan fingerprint density at radius 2 is 2.15 bits per heavy atom. The lowest BCUT2D eigenvalue weighted by atomic mass is 10.3. The van der Waals surface area contributed by atoms with Crippen LogP contribution in [0.5, 0.6) is 0 Å². The molecule has 0 unspecified atom stereocenters. The van der Waals surface area contributed by atoms with Crippen molar-refractivity contribution < 1.29 is 18.0 Å². The Morgan fingerprint density at radius 3 is 2.62 bits per heavy atom. The number of carbonyl (C=O) groups excluding carboxylic acids is 1. The van der Waals surface area contributed by atoms with Gasteiger partial charge in [0.05, 0.1) is 6.61 Å². The Balaban J connectivity index is 2.47. The summed E-state index contributed by atoms with van der Waals surface area (Å²) in [7, 11) is -3.24. The summed E-state index contributed by atoms with van der Waals surface area (Å²) in [6.45, 7) is 0.990. The maximum absolute atomic E-state index is 11.2. The van der Waals surface area contributed by atoms with Crippen molar-refractivity contribution in [1.29, 1.82) is 0 Å². The van der Waals surface area contributed by atoms with Crippen molar-refractivity contribution >= 4 is 15.7 Å². The number of hydroxylamine groups is 2. The van der Waals surface area contributed by atoms with Crippen LogP contribution in [0.4, 0.5) is 0 Å². The fourth-order valence-electron chi connectivity index (χ4n) is 1.09. The molecular weight excluding hydrogens is 194 g/mol. The van der Waals surface area contributed by atoms with Crippen molar-refractivity contribution in [2.45, 2.75) is 12.8 Å². The average Bonchev–Trinajstić information content (AvgIpc) is 2.03. The Morgan fingerprint density at radius 1 is 1.46 bits per heavy atom. The van der Waals surface area contributed by atoms with Crippen LogP contribution in [-0.2, 0) is 19.5 Å². The van der Waals surface area contributed by atoms with Gasteiger partial charge in [0.1, 0.15) is 5.75 Å². The maximum Gasteiger partial charge on any atom is 0.261 e. The molecule has 0 aromatic heterocycles. The molecule has 13 heavy (non-hydrogen) atoms. The molecule has 0 atom stereocenters. The predicted molar refractivity (Wildman–Crippen MR) is 46.6 cm³/mol. The van der Waals surface area contributed by atoms with Gasteiger partial charge in [-0.2, -0.15) is 0 Å². The lowest BCUT2D eigenvalue weighted by Crippen LogP contribution is -2.39. The van der Waals surface area contributed by atoms with Crippen molar-refractivity contribution in [2.24, 2.45) is 0 Å². The van der Waals surface area contributed by atoms with Gasteiger partial charge in [0.25, 0.3) is 5.91 Å². The van der Waals surface area contributed by atoms with E-state index in [1.165, 1.54) is 0 Å². The van der Waals surface area contributed by atoms with Crippen molar-refractivity contribution in [3.63, 3.8) is 0 Å². The van der Waals surface area contributed by atoms with Crippen LogP contribution < -0.4 is 0 Å².